The molecular formula is C12H12N3+. The number of diazo groups is 1. The minimum absolute atomic E-state index is 0.822. The molecule has 74 valence electrons. The minimum atomic E-state index is 0.822. The summed E-state index contributed by atoms with van der Waals surface area (Å²) in [5, 5.41) is 13.9. The Bertz CT molecular complexity index is 467. The fourth-order valence-electron chi connectivity index (χ4n) is 1.12. The van der Waals surface area contributed by atoms with Crippen molar-refractivity contribution in [2.24, 2.45) is 0 Å². The standard InChI is InChI=1S/C6H7N.C6H4.N2/c7-6-4-2-1-3-5-6;1-2-6-4-3-5(1)6;1-2/h1-5H,7H2;1-4H;/p+1. The lowest BCUT2D eigenvalue weighted by Gasteiger charge is -1.95. The monoisotopic (exact) mass is 198 g/mol. The van der Waals surface area contributed by atoms with Gasteiger partial charge >= 0.3 is 0 Å². The second kappa shape index (κ2) is 5.40. The number of rotatable bonds is 0. The molecule has 0 saturated carbocycles. The van der Waals surface area contributed by atoms with E-state index in [1.165, 1.54) is 10.4 Å². The Balaban J connectivity index is 0.000000130. The average molecular weight is 198 g/mol. The van der Waals surface area contributed by atoms with Crippen molar-refractivity contribution in [1.82, 2.24) is 0 Å². The summed E-state index contributed by atoms with van der Waals surface area (Å²) in [4.78, 5) is 0. The van der Waals surface area contributed by atoms with Gasteiger partial charge in [0.25, 0.3) is 0 Å². The summed E-state index contributed by atoms with van der Waals surface area (Å²) in [5.41, 5.74) is 6.18. The van der Waals surface area contributed by atoms with Crippen molar-refractivity contribution < 1.29 is 5.39 Å². The van der Waals surface area contributed by atoms with E-state index in [1.807, 2.05) is 30.3 Å². The lowest BCUT2D eigenvalue weighted by Crippen LogP contribution is -2.11. The molecule has 2 aliphatic carbocycles. The minimum Gasteiger partial charge on any atom is -0.399 e. The Labute approximate surface area is 87.9 Å². The summed E-state index contributed by atoms with van der Waals surface area (Å²) in [6, 6.07) is 18.0. The zero-order chi connectivity index (χ0) is 11.1. The van der Waals surface area contributed by atoms with Crippen LogP contribution in [0.1, 0.15) is 0 Å². The van der Waals surface area contributed by atoms with Crippen LogP contribution in [0.2, 0.25) is 0 Å². The van der Waals surface area contributed by atoms with E-state index in [0.29, 0.717) is 0 Å². The Morgan fingerprint density at radius 1 is 0.733 bits per heavy atom. The fourth-order valence-corrected chi connectivity index (χ4v) is 1.12. The van der Waals surface area contributed by atoms with E-state index in [0.717, 1.165) is 5.69 Å². The molecule has 3 rings (SSSR count). The van der Waals surface area contributed by atoms with Gasteiger partial charge in [0.05, 0.1) is 5.39 Å². The van der Waals surface area contributed by atoms with Gasteiger partial charge in [-0.15, -0.1) is 0 Å². The molecule has 3 nitrogen and oxygen atoms in total. The normalized spacial score (nSPS) is 8.67. The van der Waals surface area contributed by atoms with Crippen LogP contribution in [-0.2, 0) is 0 Å². The molecule has 1 aromatic rings. The molecule has 0 fully saturated rings. The second-order valence-corrected chi connectivity index (χ2v) is 2.99. The summed E-state index contributed by atoms with van der Waals surface area (Å²) in [6.45, 7) is 0. The third-order valence-electron chi connectivity index (χ3n) is 2.02. The van der Waals surface area contributed by atoms with Gasteiger partial charge in [0.1, 0.15) is 0 Å². The number of hydrogen-bond acceptors (Lipinski definition) is 2. The maximum Gasteiger partial charge on any atom is 0.212 e. The number of para-hydroxylation sites is 1. The fraction of sp³-hybridized carbons (Fsp3) is 0. The van der Waals surface area contributed by atoms with Gasteiger partial charge in [-0.1, -0.05) is 42.5 Å². The van der Waals surface area contributed by atoms with E-state index in [9.17, 15) is 0 Å². The van der Waals surface area contributed by atoms with E-state index < -0.39 is 0 Å². The number of hydrogen-bond donors (Lipinski definition) is 2. The first-order valence-corrected chi connectivity index (χ1v) is 4.49. The number of nitrogens with two attached hydrogens (primary N) is 1. The summed E-state index contributed by atoms with van der Waals surface area (Å²) in [7, 11) is 0. The van der Waals surface area contributed by atoms with Crippen molar-refractivity contribution >= 4 is 5.69 Å². The van der Waals surface area contributed by atoms with Crippen LogP contribution in [0.3, 0.4) is 0 Å². The molecule has 3 N–H and O–H groups in total. The molecule has 0 radical (unpaired) electrons. The Kier molecular flexibility index (Phi) is 3.87. The lowest BCUT2D eigenvalue weighted by molar-refractivity contribution is -0.175. The van der Waals surface area contributed by atoms with Gasteiger partial charge in [-0.2, -0.15) is 0 Å². The summed E-state index contributed by atoms with van der Waals surface area (Å²) in [6.07, 6.45) is 0. The van der Waals surface area contributed by atoms with E-state index in [1.54, 1.807) is 0 Å². The van der Waals surface area contributed by atoms with Crippen LogP contribution >= 0.6 is 0 Å². The number of benzene rings is 2. The zero-order valence-corrected chi connectivity index (χ0v) is 8.22. The first-order chi connectivity index (χ1) is 7.36. The number of nitrogens with zero attached hydrogens (tertiary/aromatic N) is 1. The summed E-state index contributed by atoms with van der Waals surface area (Å²) in [5.74, 6) is 0. The largest absolute Gasteiger partial charge is 0.399 e. The molecule has 0 saturated heterocycles. The van der Waals surface area contributed by atoms with Crippen molar-refractivity contribution in [1.29, 1.82) is 5.39 Å². The van der Waals surface area contributed by atoms with Crippen molar-refractivity contribution in [3.05, 3.63) is 65.0 Å². The predicted molar refractivity (Wildman–Crippen MR) is 57.7 cm³/mol. The number of nitrogen functional groups attached to an aromatic ring is 1. The van der Waals surface area contributed by atoms with Gasteiger partial charge in [-0.25, -0.2) is 0 Å². The highest BCUT2D eigenvalue weighted by Gasteiger charge is 1.88. The van der Waals surface area contributed by atoms with Crippen LogP contribution in [0.5, 0.6) is 0 Å². The van der Waals surface area contributed by atoms with Crippen LogP contribution in [0.25, 0.3) is 0 Å². The Hall–Kier alpha value is -2.34. The first kappa shape index (κ1) is 10.7. The Morgan fingerprint density at radius 3 is 1.27 bits per heavy atom. The van der Waals surface area contributed by atoms with Gasteiger partial charge in [0.15, 0.2) is 0 Å². The predicted octanol–water partition coefficient (Wildman–Crippen LogP) is 0.835. The van der Waals surface area contributed by atoms with Crippen LogP contribution < -0.4 is 11.1 Å². The van der Waals surface area contributed by atoms with E-state index >= 15 is 0 Å². The van der Waals surface area contributed by atoms with Gasteiger partial charge in [0, 0.05) is 5.69 Å². The molecular weight excluding hydrogens is 186 g/mol. The molecule has 3 heteroatoms. The van der Waals surface area contributed by atoms with Gasteiger partial charge in [0.2, 0.25) is 5.39 Å². The second-order valence-electron chi connectivity index (χ2n) is 2.99. The van der Waals surface area contributed by atoms with Gasteiger partial charge < -0.3 is 5.73 Å². The van der Waals surface area contributed by atoms with Crippen LogP contribution in [0, 0.1) is 15.8 Å². The van der Waals surface area contributed by atoms with Crippen LogP contribution in [0.4, 0.5) is 5.69 Å². The van der Waals surface area contributed by atoms with Crippen LogP contribution in [-0.4, -0.2) is 0 Å². The molecule has 0 heterocycles. The highest BCUT2D eigenvalue weighted by Crippen LogP contribution is 2.04. The molecule has 0 aliphatic heterocycles. The number of anilines is 1. The van der Waals surface area contributed by atoms with Crippen molar-refractivity contribution in [2.45, 2.75) is 0 Å². The van der Waals surface area contributed by atoms with Crippen molar-refractivity contribution in [2.75, 3.05) is 5.73 Å². The molecule has 0 atom stereocenters. The quantitative estimate of drug-likeness (QED) is 0.415. The maximum atomic E-state index is 6.25. The molecule has 0 unspecified atom stereocenters. The molecule has 15 heavy (non-hydrogen) atoms. The lowest BCUT2D eigenvalue weighted by atomic mass is 10.1. The zero-order valence-electron chi connectivity index (χ0n) is 8.22. The van der Waals surface area contributed by atoms with E-state index in [4.69, 9.17) is 16.5 Å². The van der Waals surface area contributed by atoms with E-state index in [2.05, 4.69) is 24.3 Å². The van der Waals surface area contributed by atoms with E-state index in [-0.39, 0.29) is 0 Å². The Morgan fingerprint density at radius 2 is 1.13 bits per heavy atom. The topological polar surface area (TPSA) is 73.6 Å². The highest BCUT2D eigenvalue weighted by atomic mass is 14.6. The third kappa shape index (κ3) is 2.82. The first-order valence-electron chi connectivity index (χ1n) is 4.49. The van der Waals surface area contributed by atoms with Crippen molar-refractivity contribution in [3.8, 4) is 0 Å². The molecule has 1 aromatic carbocycles. The average Bonchev–Trinajstić information content (AvgIpc) is 2.28. The summed E-state index contributed by atoms with van der Waals surface area (Å²) >= 11 is 0. The third-order valence-corrected chi connectivity index (χ3v) is 2.02. The summed E-state index contributed by atoms with van der Waals surface area (Å²) < 4.78 is 0. The molecule has 0 bridgehead atoms. The maximum absolute atomic E-state index is 6.25. The molecule has 0 amide bonds. The van der Waals surface area contributed by atoms with Crippen molar-refractivity contribution in [3.63, 3.8) is 0 Å². The highest BCUT2D eigenvalue weighted by molar-refractivity contribution is 5.35. The molecule has 2 aliphatic rings. The van der Waals surface area contributed by atoms with Gasteiger partial charge in [-0.3, -0.25) is 0 Å². The van der Waals surface area contributed by atoms with Gasteiger partial charge in [-0.05, 0) is 22.6 Å². The number of nitrogens with one attached hydrogen (secondary N) is 1. The molecule has 0 spiro atoms. The smallest absolute Gasteiger partial charge is 0.212 e. The molecule has 0 aromatic heterocycles. The van der Waals surface area contributed by atoms with Crippen LogP contribution in [0.15, 0.2) is 54.6 Å². The SMILES string of the molecule is N#[NH+].Nc1ccccc1.c1cc2ccc1=2.